The van der Waals surface area contributed by atoms with Crippen molar-refractivity contribution in [3.8, 4) is 11.6 Å². The smallest absolute Gasteiger partial charge is 0.224 e. The molecule has 1 aliphatic heterocycles. The number of benzene rings is 2. The summed E-state index contributed by atoms with van der Waals surface area (Å²) in [5, 5.41) is 0. The van der Waals surface area contributed by atoms with Gasteiger partial charge in [-0.2, -0.15) is 4.98 Å². The van der Waals surface area contributed by atoms with E-state index in [0.717, 1.165) is 31.1 Å². The highest BCUT2D eigenvalue weighted by molar-refractivity contribution is 5.76. The van der Waals surface area contributed by atoms with Crippen molar-refractivity contribution < 1.29 is 9.53 Å². The van der Waals surface area contributed by atoms with Crippen LogP contribution in [0.4, 0.5) is 5.82 Å². The molecule has 0 bridgehead atoms. The number of para-hydroxylation sites is 1. The maximum absolute atomic E-state index is 12.6. The van der Waals surface area contributed by atoms with E-state index in [1.165, 1.54) is 5.56 Å². The zero-order valence-corrected chi connectivity index (χ0v) is 17.2. The lowest BCUT2D eigenvalue weighted by Crippen LogP contribution is -2.49. The fourth-order valence-electron chi connectivity index (χ4n) is 3.59. The SMILES string of the molecule is Cc1nc(Oc2ccccc2)cc(N2CCN(C(=O)CCc3ccccc3)CC2)n1. The van der Waals surface area contributed by atoms with Gasteiger partial charge in [-0.1, -0.05) is 48.5 Å². The average Bonchev–Trinajstić information content (AvgIpc) is 2.78. The minimum absolute atomic E-state index is 0.213. The first-order valence-electron chi connectivity index (χ1n) is 10.3. The van der Waals surface area contributed by atoms with Crippen molar-refractivity contribution in [2.45, 2.75) is 19.8 Å². The molecule has 0 unspecified atom stereocenters. The minimum Gasteiger partial charge on any atom is -0.439 e. The Hall–Kier alpha value is -3.41. The van der Waals surface area contributed by atoms with E-state index in [1.54, 1.807) is 0 Å². The second kappa shape index (κ2) is 9.39. The average molecular weight is 402 g/mol. The molecule has 1 fully saturated rings. The first-order valence-corrected chi connectivity index (χ1v) is 10.3. The summed E-state index contributed by atoms with van der Waals surface area (Å²) in [5.74, 6) is 3.00. The van der Waals surface area contributed by atoms with Gasteiger partial charge in [0.25, 0.3) is 0 Å². The zero-order valence-electron chi connectivity index (χ0n) is 17.2. The Bertz CT molecular complexity index is 971. The predicted molar refractivity (Wildman–Crippen MR) is 117 cm³/mol. The molecule has 0 aliphatic carbocycles. The number of hydrogen-bond donors (Lipinski definition) is 0. The lowest BCUT2D eigenvalue weighted by Gasteiger charge is -2.35. The molecule has 1 amide bonds. The number of aryl methyl sites for hydroxylation is 2. The highest BCUT2D eigenvalue weighted by Gasteiger charge is 2.22. The van der Waals surface area contributed by atoms with Crippen LogP contribution in [-0.2, 0) is 11.2 Å². The highest BCUT2D eigenvalue weighted by Crippen LogP contribution is 2.24. The van der Waals surface area contributed by atoms with E-state index in [-0.39, 0.29) is 5.91 Å². The number of aromatic nitrogens is 2. The first kappa shape index (κ1) is 19.9. The molecular weight excluding hydrogens is 376 g/mol. The molecule has 1 saturated heterocycles. The lowest BCUT2D eigenvalue weighted by atomic mass is 10.1. The molecule has 6 nitrogen and oxygen atoms in total. The molecule has 154 valence electrons. The van der Waals surface area contributed by atoms with Crippen molar-refractivity contribution in [2.75, 3.05) is 31.1 Å². The largest absolute Gasteiger partial charge is 0.439 e. The van der Waals surface area contributed by atoms with Gasteiger partial charge in [0.05, 0.1) is 0 Å². The molecule has 1 aromatic heterocycles. The van der Waals surface area contributed by atoms with Crippen LogP contribution in [0.15, 0.2) is 66.7 Å². The molecule has 0 atom stereocenters. The summed E-state index contributed by atoms with van der Waals surface area (Å²) < 4.78 is 5.88. The van der Waals surface area contributed by atoms with Gasteiger partial charge in [0.1, 0.15) is 17.4 Å². The van der Waals surface area contributed by atoms with Crippen LogP contribution in [0.5, 0.6) is 11.6 Å². The van der Waals surface area contributed by atoms with Crippen LogP contribution in [0.3, 0.4) is 0 Å². The van der Waals surface area contributed by atoms with Gasteiger partial charge in [0.15, 0.2) is 0 Å². The van der Waals surface area contributed by atoms with E-state index >= 15 is 0 Å². The number of nitrogens with zero attached hydrogens (tertiary/aromatic N) is 4. The van der Waals surface area contributed by atoms with Crippen LogP contribution in [0.2, 0.25) is 0 Å². The highest BCUT2D eigenvalue weighted by atomic mass is 16.5. The van der Waals surface area contributed by atoms with Gasteiger partial charge in [-0.05, 0) is 31.0 Å². The standard InChI is InChI=1S/C24H26N4O2/c1-19-25-22(18-23(26-19)30-21-10-6-3-7-11-21)27-14-16-28(17-15-27)24(29)13-12-20-8-4-2-5-9-20/h2-11,18H,12-17H2,1H3. The molecular formula is C24H26N4O2. The number of carbonyl (C=O) groups excluding carboxylic acids is 1. The van der Waals surface area contributed by atoms with Crippen LogP contribution >= 0.6 is 0 Å². The van der Waals surface area contributed by atoms with Crippen LogP contribution in [0.1, 0.15) is 17.8 Å². The quantitative estimate of drug-likeness (QED) is 0.627. The Morgan fingerprint density at radius 1 is 0.933 bits per heavy atom. The number of carbonyl (C=O) groups is 1. The second-order valence-electron chi connectivity index (χ2n) is 7.38. The molecule has 3 aromatic rings. The Balaban J connectivity index is 1.34. The Morgan fingerprint density at radius 3 is 2.30 bits per heavy atom. The Kier molecular flexibility index (Phi) is 6.23. The van der Waals surface area contributed by atoms with Gasteiger partial charge in [-0.25, -0.2) is 4.98 Å². The first-order chi connectivity index (χ1) is 14.7. The van der Waals surface area contributed by atoms with Crippen LogP contribution in [0, 0.1) is 6.92 Å². The molecule has 2 aromatic carbocycles. The Labute approximate surface area is 177 Å². The molecule has 2 heterocycles. The second-order valence-corrected chi connectivity index (χ2v) is 7.38. The maximum Gasteiger partial charge on any atom is 0.224 e. The number of piperazine rings is 1. The van der Waals surface area contributed by atoms with Crippen LogP contribution in [-0.4, -0.2) is 47.0 Å². The number of rotatable bonds is 6. The van der Waals surface area contributed by atoms with Crippen LogP contribution < -0.4 is 9.64 Å². The van der Waals surface area contributed by atoms with Gasteiger partial charge in [-0.3, -0.25) is 4.79 Å². The third-order valence-electron chi connectivity index (χ3n) is 5.19. The molecule has 6 heteroatoms. The number of ether oxygens (including phenoxy) is 1. The van der Waals surface area contributed by atoms with E-state index in [0.29, 0.717) is 31.2 Å². The van der Waals surface area contributed by atoms with E-state index in [1.807, 2.05) is 66.4 Å². The van der Waals surface area contributed by atoms with Gasteiger partial charge >= 0.3 is 0 Å². The fourth-order valence-corrected chi connectivity index (χ4v) is 3.59. The molecule has 4 rings (SSSR count). The summed E-state index contributed by atoms with van der Waals surface area (Å²) in [6, 6.07) is 21.6. The molecule has 30 heavy (non-hydrogen) atoms. The van der Waals surface area contributed by atoms with Crippen molar-refractivity contribution in [1.82, 2.24) is 14.9 Å². The number of hydrogen-bond acceptors (Lipinski definition) is 5. The van der Waals surface area contributed by atoms with Crippen molar-refractivity contribution >= 4 is 11.7 Å². The molecule has 0 saturated carbocycles. The molecule has 0 N–H and O–H groups in total. The third kappa shape index (κ3) is 5.14. The van der Waals surface area contributed by atoms with Crippen LogP contribution in [0.25, 0.3) is 0 Å². The predicted octanol–water partition coefficient (Wildman–Crippen LogP) is 3.86. The van der Waals surface area contributed by atoms with Gasteiger partial charge in [0.2, 0.25) is 11.8 Å². The molecule has 0 spiro atoms. The van der Waals surface area contributed by atoms with Crippen molar-refractivity contribution in [3.05, 3.63) is 78.1 Å². The van der Waals surface area contributed by atoms with E-state index < -0.39 is 0 Å². The summed E-state index contributed by atoms with van der Waals surface area (Å²) in [6.45, 7) is 4.76. The number of amides is 1. The minimum atomic E-state index is 0.213. The summed E-state index contributed by atoms with van der Waals surface area (Å²) in [6.07, 6.45) is 1.33. The van der Waals surface area contributed by atoms with Gasteiger partial charge in [0, 0.05) is 38.7 Å². The third-order valence-corrected chi connectivity index (χ3v) is 5.19. The van der Waals surface area contributed by atoms with E-state index in [9.17, 15) is 4.79 Å². The summed E-state index contributed by atoms with van der Waals surface area (Å²) >= 11 is 0. The summed E-state index contributed by atoms with van der Waals surface area (Å²) in [5.41, 5.74) is 1.20. The molecule has 0 radical (unpaired) electrons. The zero-order chi connectivity index (χ0) is 20.8. The topological polar surface area (TPSA) is 58.6 Å². The Morgan fingerprint density at radius 2 is 1.60 bits per heavy atom. The fraction of sp³-hybridized carbons (Fsp3) is 0.292. The van der Waals surface area contributed by atoms with E-state index in [4.69, 9.17) is 4.74 Å². The normalized spacial score (nSPS) is 13.9. The van der Waals surface area contributed by atoms with Crippen molar-refractivity contribution in [3.63, 3.8) is 0 Å². The number of anilines is 1. The van der Waals surface area contributed by atoms with Crippen molar-refractivity contribution in [1.29, 1.82) is 0 Å². The summed E-state index contributed by atoms with van der Waals surface area (Å²) in [4.78, 5) is 25.7. The lowest BCUT2D eigenvalue weighted by molar-refractivity contribution is -0.131. The van der Waals surface area contributed by atoms with Crippen molar-refractivity contribution in [2.24, 2.45) is 0 Å². The monoisotopic (exact) mass is 402 g/mol. The van der Waals surface area contributed by atoms with Gasteiger partial charge in [-0.15, -0.1) is 0 Å². The van der Waals surface area contributed by atoms with E-state index in [2.05, 4.69) is 27.0 Å². The van der Waals surface area contributed by atoms with Gasteiger partial charge < -0.3 is 14.5 Å². The molecule has 1 aliphatic rings. The maximum atomic E-state index is 12.6. The summed E-state index contributed by atoms with van der Waals surface area (Å²) in [7, 11) is 0.